The molecule has 2 unspecified atom stereocenters. The van der Waals surface area contributed by atoms with Gasteiger partial charge in [-0.05, 0) is 31.0 Å². The highest BCUT2D eigenvalue weighted by Gasteiger charge is 2.31. The number of hydrogen-bond donors (Lipinski definition) is 1. The first-order valence-electron chi connectivity index (χ1n) is 7.34. The lowest BCUT2D eigenvalue weighted by Gasteiger charge is -2.21. The van der Waals surface area contributed by atoms with Crippen LogP contribution in [0.3, 0.4) is 0 Å². The van der Waals surface area contributed by atoms with Crippen LogP contribution in [0.1, 0.15) is 18.9 Å². The van der Waals surface area contributed by atoms with Crippen molar-refractivity contribution >= 4 is 11.8 Å². The first-order chi connectivity index (χ1) is 10.5. The fourth-order valence-electron chi connectivity index (χ4n) is 2.50. The molecule has 6 heteroatoms. The summed E-state index contributed by atoms with van der Waals surface area (Å²) in [6.45, 7) is 3.00. The van der Waals surface area contributed by atoms with Gasteiger partial charge in [0.25, 0.3) is 5.91 Å². The van der Waals surface area contributed by atoms with E-state index in [9.17, 15) is 9.59 Å². The van der Waals surface area contributed by atoms with Gasteiger partial charge in [-0.15, -0.1) is 0 Å². The third kappa shape index (κ3) is 3.98. The van der Waals surface area contributed by atoms with Crippen molar-refractivity contribution in [1.82, 2.24) is 4.90 Å². The molecule has 0 spiro atoms. The van der Waals surface area contributed by atoms with Crippen LogP contribution in [0.4, 0.5) is 0 Å². The molecule has 1 saturated heterocycles. The molecule has 2 rings (SSSR count). The second kappa shape index (κ2) is 7.26. The van der Waals surface area contributed by atoms with Crippen LogP contribution in [0, 0.1) is 5.92 Å². The van der Waals surface area contributed by atoms with Gasteiger partial charge < -0.3 is 20.1 Å². The molecule has 1 fully saturated rings. The molecule has 1 aromatic rings. The molecule has 0 bridgehead atoms. The number of amides is 2. The minimum atomic E-state index is -0.558. The lowest BCUT2D eigenvalue weighted by atomic mass is 10.1. The van der Waals surface area contributed by atoms with Gasteiger partial charge in [0.05, 0.1) is 19.6 Å². The highest BCUT2D eigenvalue weighted by Crippen LogP contribution is 2.18. The van der Waals surface area contributed by atoms with Crippen molar-refractivity contribution in [3.63, 3.8) is 0 Å². The van der Waals surface area contributed by atoms with Crippen molar-refractivity contribution in [3.05, 3.63) is 29.8 Å². The molecule has 0 radical (unpaired) electrons. The number of carbonyl (C=O) groups excluding carboxylic acids is 2. The summed E-state index contributed by atoms with van der Waals surface area (Å²) in [4.78, 5) is 25.1. The van der Waals surface area contributed by atoms with Crippen LogP contribution in [-0.4, -0.2) is 43.0 Å². The van der Waals surface area contributed by atoms with Crippen LogP contribution in [0.25, 0.3) is 0 Å². The van der Waals surface area contributed by atoms with Gasteiger partial charge in [0, 0.05) is 13.1 Å². The zero-order valence-corrected chi connectivity index (χ0v) is 13.0. The molecule has 120 valence electrons. The van der Waals surface area contributed by atoms with Crippen LogP contribution in [0.15, 0.2) is 24.3 Å². The minimum absolute atomic E-state index is 0.105. The summed E-state index contributed by atoms with van der Waals surface area (Å²) in [5.41, 5.74) is 6.22. The Bertz CT molecular complexity index is 547. The van der Waals surface area contributed by atoms with E-state index in [2.05, 4.69) is 0 Å². The summed E-state index contributed by atoms with van der Waals surface area (Å²) in [7, 11) is 1.61. The van der Waals surface area contributed by atoms with Crippen molar-refractivity contribution in [3.8, 4) is 5.75 Å². The quantitative estimate of drug-likeness (QED) is 0.848. The number of hydrogen-bond acceptors (Lipinski definition) is 4. The maximum atomic E-state index is 12.3. The lowest BCUT2D eigenvalue weighted by Crippen LogP contribution is -2.38. The van der Waals surface area contributed by atoms with Crippen LogP contribution in [0.5, 0.6) is 5.75 Å². The maximum absolute atomic E-state index is 12.3. The Balaban J connectivity index is 1.85. The Labute approximate surface area is 130 Å². The van der Waals surface area contributed by atoms with Crippen molar-refractivity contribution in [2.24, 2.45) is 11.7 Å². The van der Waals surface area contributed by atoms with Crippen molar-refractivity contribution in [1.29, 1.82) is 0 Å². The number of carbonyl (C=O) groups is 2. The van der Waals surface area contributed by atoms with Gasteiger partial charge in [-0.25, -0.2) is 0 Å². The van der Waals surface area contributed by atoms with Crippen molar-refractivity contribution in [2.75, 3.05) is 20.2 Å². The smallest absolute Gasteiger partial charge is 0.251 e. The van der Waals surface area contributed by atoms with E-state index >= 15 is 0 Å². The molecule has 22 heavy (non-hydrogen) atoms. The maximum Gasteiger partial charge on any atom is 0.251 e. The molecule has 6 nitrogen and oxygen atoms in total. The zero-order valence-electron chi connectivity index (χ0n) is 13.0. The average Bonchev–Trinajstić information content (AvgIpc) is 3.02. The highest BCUT2D eigenvalue weighted by molar-refractivity contribution is 5.83. The second-order valence-electron chi connectivity index (χ2n) is 5.48. The van der Waals surface area contributed by atoms with E-state index < -0.39 is 6.10 Å². The summed E-state index contributed by atoms with van der Waals surface area (Å²) < 4.78 is 10.8. The molecule has 0 saturated carbocycles. The van der Waals surface area contributed by atoms with E-state index in [1.807, 2.05) is 24.3 Å². The van der Waals surface area contributed by atoms with E-state index in [0.29, 0.717) is 26.1 Å². The van der Waals surface area contributed by atoms with Crippen molar-refractivity contribution in [2.45, 2.75) is 26.1 Å². The normalized spacial score (nSPS) is 19.0. The fraction of sp³-hybridized carbons (Fsp3) is 0.500. The predicted octanol–water partition coefficient (Wildman–Crippen LogP) is 0.934. The molecule has 1 aliphatic heterocycles. The van der Waals surface area contributed by atoms with E-state index in [0.717, 1.165) is 11.3 Å². The molecule has 2 amide bonds. The molecule has 1 aliphatic rings. The molecule has 1 aromatic carbocycles. The average molecular weight is 306 g/mol. The van der Waals surface area contributed by atoms with Crippen LogP contribution >= 0.6 is 0 Å². The molecular formula is C16H22N2O4. The number of likely N-dealkylation sites (tertiary alicyclic amines) is 1. The third-order valence-electron chi connectivity index (χ3n) is 3.88. The standard InChI is InChI=1S/C16H22N2O4/c1-11(16(20)18-7-6-13(9-18)15(17)19)22-10-12-4-3-5-14(8-12)21-2/h3-5,8,11,13H,6-7,9-10H2,1-2H3,(H2,17,19). The largest absolute Gasteiger partial charge is 0.497 e. The highest BCUT2D eigenvalue weighted by atomic mass is 16.5. The SMILES string of the molecule is COc1cccc(COC(C)C(=O)N2CCC(C(N)=O)C2)c1. The number of benzene rings is 1. The second-order valence-corrected chi connectivity index (χ2v) is 5.48. The van der Waals surface area contributed by atoms with Gasteiger partial charge in [-0.2, -0.15) is 0 Å². The molecule has 2 N–H and O–H groups in total. The first kappa shape index (κ1) is 16.3. The number of ether oxygens (including phenoxy) is 2. The molecule has 1 heterocycles. The summed E-state index contributed by atoms with van der Waals surface area (Å²) in [6.07, 6.45) is 0.0711. The van der Waals surface area contributed by atoms with E-state index in [1.54, 1.807) is 18.9 Å². The molecule has 0 aliphatic carbocycles. The topological polar surface area (TPSA) is 81.9 Å². The van der Waals surface area contributed by atoms with Gasteiger partial charge >= 0.3 is 0 Å². The number of primary amides is 1. The number of methoxy groups -OCH3 is 1. The molecule has 2 atom stereocenters. The van der Waals surface area contributed by atoms with Crippen LogP contribution in [-0.2, 0) is 20.9 Å². The fourth-order valence-corrected chi connectivity index (χ4v) is 2.50. The minimum Gasteiger partial charge on any atom is -0.497 e. The van der Waals surface area contributed by atoms with Crippen LogP contribution < -0.4 is 10.5 Å². The Morgan fingerprint density at radius 2 is 2.23 bits per heavy atom. The lowest BCUT2D eigenvalue weighted by molar-refractivity contribution is -0.142. The molecule has 0 aromatic heterocycles. The Hall–Kier alpha value is -2.08. The number of rotatable bonds is 6. The number of nitrogens with zero attached hydrogens (tertiary/aromatic N) is 1. The number of nitrogens with two attached hydrogens (primary N) is 1. The van der Waals surface area contributed by atoms with Gasteiger partial charge in [-0.3, -0.25) is 9.59 Å². The Kier molecular flexibility index (Phi) is 5.38. The monoisotopic (exact) mass is 306 g/mol. The van der Waals surface area contributed by atoms with Crippen molar-refractivity contribution < 1.29 is 19.1 Å². The van der Waals surface area contributed by atoms with Crippen LogP contribution in [0.2, 0.25) is 0 Å². The summed E-state index contributed by atoms with van der Waals surface area (Å²) in [5, 5.41) is 0. The van der Waals surface area contributed by atoms with E-state index in [-0.39, 0.29) is 17.7 Å². The van der Waals surface area contributed by atoms with E-state index in [4.69, 9.17) is 15.2 Å². The zero-order chi connectivity index (χ0) is 16.1. The van der Waals surface area contributed by atoms with E-state index in [1.165, 1.54) is 0 Å². The first-order valence-corrected chi connectivity index (χ1v) is 7.34. The summed E-state index contributed by atoms with van der Waals surface area (Å²) in [6, 6.07) is 7.52. The summed E-state index contributed by atoms with van der Waals surface area (Å²) in [5.74, 6) is 0.0605. The van der Waals surface area contributed by atoms with Gasteiger partial charge in [0.15, 0.2) is 0 Å². The Morgan fingerprint density at radius 1 is 1.45 bits per heavy atom. The third-order valence-corrected chi connectivity index (χ3v) is 3.88. The predicted molar refractivity (Wildman–Crippen MR) is 81.1 cm³/mol. The summed E-state index contributed by atoms with van der Waals surface area (Å²) >= 11 is 0. The molecular weight excluding hydrogens is 284 g/mol. The Morgan fingerprint density at radius 3 is 2.86 bits per heavy atom. The van der Waals surface area contributed by atoms with Gasteiger partial charge in [0.1, 0.15) is 11.9 Å². The van der Waals surface area contributed by atoms with Gasteiger partial charge in [0.2, 0.25) is 5.91 Å². The van der Waals surface area contributed by atoms with Gasteiger partial charge in [-0.1, -0.05) is 12.1 Å².